The molecule has 0 saturated carbocycles. The smallest absolute Gasteiger partial charge is 0.296 e. The number of hydrogen-bond acceptors (Lipinski definition) is 6. The summed E-state index contributed by atoms with van der Waals surface area (Å²) in [5.41, 5.74) is 1.08. The van der Waals surface area contributed by atoms with E-state index in [1.165, 1.54) is 4.57 Å². The maximum atomic E-state index is 13.6. The molecule has 0 radical (unpaired) electrons. The summed E-state index contributed by atoms with van der Waals surface area (Å²) in [4.78, 5) is 15.1. The Morgan fingerprint density at radius 2 is 1.88 bits per heavy atom. The van der Waals surface area contributed by atoms with Gasteiger partial charge in [-0.15, -0.1) is 0 Å². The highest BCUT2D eigenvalue weighted by Gasteiger charge is 2.23. The minimum atomic E-state index is -2.72. The zero-order chi connectivity index (χ0) is 18.1. The van der Waals surface area contributed by atoms with Crippen molar-refractivity contribution in [3.63, 3.8) is 0 Å². The van der Waals surface area contributed by atoms with Crippen LogP contribution in [0.4, 0.5) is 20.5 Å². The summed E-state index contributed by atoms with van der Waals surface area (Å²) in [7, 11) is 1.73. The molecule has 0 aliphatic carbocycles. The molecule has 3 heterocycles. The number of alkyl halides is 2. The standard InChI is InChI=1S/C17H18F2N6O/c1-20-13-10-14(23-17(22-13)24-6-8-26-9-7-24)25-12-5-3-2-4-11(12)21-16(25)15(18)19/h2-5,10,15H,6-9H2,1H3,(H,20,22,23). The van der Waals surface area contributed by atoms with Gasteiger partial charge >= 0.3 is 0 Å². The first-order valence-corrected chi connectivity index (χ1v) is 8.33. The van der Waals surface area contributed by atoms with Gasteiger partial charge in [-0.1, -0.05) is 12.1 Å². The van der Waals surface area contributed by atoms with Crippen molar-refractivity contribution < 1.29 is 13.5 Å². The first-order valence-electron chi connectivity index (χ1n) is 8.33. The SMILES string of the molecule is CNc1cc(-n2c(C(F)F)nc3ccccc32)nc(N2CCOCC2)n1. The number of morpholine rings is 1. The predicted molar refractivity (Wildman–Crippen MR) is 94.2 cm³/mol. The van der Waals surface area contributed by atoms with Crippen LogP contribution >= 0.6 is 0 Å². The molecule has 1 aliphatic rings. The number of nitrogens with zero attached hydrogens (tertiary/aromatic N) is 5. The molecular weight excluding hydrogens is 342 g/mol. The monoisotopic (exact) mass is 360 g/mol. The second kappa shape index (κ2) is 6.83. The van der Waals surface area contributed by atoms with Crippen LogP contribution in [-0.4, -0.2) is 52.9 Å². The van der Waals surface area contributed by atoms with Crippen LogP contribution in [-0.2, 0) is 4.74 Å². The molecule has 7 nitrogen and oxygen atoms in total. The molecule has 9 heteroatoms. The third kappa shape index (κ3) is 2.94. The van der Waals surface area contributed by atoms with Gasteiger partial charge in [0.05, 0.1) is 24.2 Å². The number of nitrogens with one attached hydrogen (secondary N) is 1. The zero-order valence-electron chi connectivity index (χ0n) is 14.2. The van der Waals surface area contributed by atoms with Crippen LogP contribution in [0.15, 0.2) is 30.3 Å². The van der Waals surface area contributed by atoms with Crippen molar-refractivity contribution in [1.82, 2.24) is 19.5 Å². The number of rotatable bonds is 4. The second-order valence-electron chi connectivity index (χ2n) is 5.86. The highest BCUT2D eigenvalue weighted by Crippen LogP contribution is 2.28. The third-order valence-electron chi connectivity index (χ3n) is 4.26. The number of anilines is 2. The summed E-state index contributed by atoms with van der Waals surface area (Å²) in [5.74, 6) is 1.05. The lowest BCUT2D eigenvalue weighted by Gasteiger charge is -2.27. The molecule has 2 aromatic heterocycles. The van der Waals surface area contributed by atoms with Crippen molar-refractivity contribution in [2.45, 2.75) is 6.43 Å². The summed E-state index contributed by atoms with van der Waals surface area (Å²) >= 11 is 0. The van der Waals surface area contributed by atoms with Gasteiger partial charge < -0.3 is 15.0 Å². The lowest BCUT2D eigenvalue weighted by molar-refractivity contribution is 0.122. The third-order valence-corrected chi connectivity index (χ3v) is 4.26. The van der Waals surface area contributed by atoms with Gasteiger partial charge in [-0.3, -0.25) is 4.57 Å². The fourth-order valence-corrected chi connectivity index (χ4v) is 3.00. The van der Waals surface area contributed by atoms with Crippen LogP contribution in [0.25, 0.3) is 16.9 Å². The fourth-order valence-electron chi connectivity index (χ4n) is 3.00. The number of benzene rings is 1. The highest BCUT2D eigenvalue weighted by atomic mass is 19.3. The molecule has 1 aromatic carbocycles. The number of imidazole rings is 1. The van der Waals surface area contributed by atoms with Gasteiger partial charge in [-0.05, 0) is 12.1 Å². The molecule has 1 fully saturated rings. The second-order valence-corrected chi connectivity index (χ2v) is 5.86. The normalized spacial score (nSPS) is 15.0. The van der Waals surface area contributed by atoms with Gasteiger partial charge in [0.15, 0.2) is 5.82 Å². The van der Waals surface area contributed by atoms with Crippen LogP contribution in [0.5, 0.6) is 0 Å². The van der Waals surface area contributed by atoms with Crippen LogP contribution in [0.1, 0.15) is 12.2 Å². The van der Waals surface area contributed by atoms with Crippen molar-refractivity contribution in [2.75, 3.05) is 43.6 Å². The van der Waals surface area contributed by atoms with Crippen molar-refractivity contribution >= 4 is 22.8 Å². The van der Waals surface area contributed by atoms with E-state index in [1.807, 2.05) is 4.90 Å². The average Bonchev–Trinajstić information content (AvgIpc) is 3.08. The molecule has 0 unspecified atom stereocenters. The first-order chi connectivity index (χ1) is 12.7. The van der Waals surface area contributed by atoms with Crippen LogP contribution in [0.3, 0.4) is 0 Å². The molecule has 4 rings (SSSR count). The maximum Gasteiger partial charge on any atom is 0.296 e. The number of ether oxygens (including phenoxy) is 1. The zero-order valence-corrected chi connectivity index (χ0v) is 14.2. The molecule has 26 heavy (non-hydrogen) atoms. The first kappa shape index (κ1) is 16.6. The van der Waals surface area contributed by atoms with Gasteiger partial charge in [0.25, 0.3) is 6.43 Å². The van der Waals surface area contributed by atoms with Gasteiger partial charge in [-0.2, -0.15) is 9.97 Å². The van der Waals surface area contributed by atoms with E-state index in [9.17, 15) is 8.78 Å². The summed E-state index contributed by atoms with van der Waals surface area (Å²) in [5, 5.41) is 2.98. The molecule has 1 N–H and O–H groups in total. The number of hydrogen-bond donors (Lipinski definition) is 1. The van der Waals surface area contributed by atoms with E-state index in [4.69, 9.17) is 4.74 Å². The largest absolute Gasteiger partial charge is 0.378 e. The van der Waals surface area contributed by atoms with Crippen molar-refractivity contribution in [3.8, 4) is 5.82 Å². The number of fused-ring (bicyclic) bond motifs is 1. The van der Waals surface area contributed by atoms with E-state index in [0.29, 0.717) is 54.9 Å². The predicted octanol–water partition coefficient (Wildman–Crippen LogP) is 2.63. The molecule has 1 aliphatic heterocycles. The Morgan fingerprint density at radius 3 is 2.62 bits per heavy atom. The summed E-state index contributed by atoms with van der Waals surface area (Å²) in [6.07, 6.45) is -2.72. The Kier molecular flexibility index (Phi) is 4.37. The molecule has 0 bridgehead atoms. The quantitative estimate of drug-likeness (QED) is 0.771. The van der Waals surface area contributed by atoms with Crippen LogP contribution < -0.4 is 10.2 Å². The molecule has 136 valence electrons. The molecule has 0 spiro atoms. The lowest BCUT2D eigenvalue weighted by Crippen LogP contribution is -2.37. The molecule has 0 atom stereocenters. The van der Waals surface area contributed by atoms with Gasteiger partial charge in [0.1, 0.15) is 11.6 Å². The maximum absolute atomic E-state index is 13.6. The Bertz CT molecular complexity index is 923. The van der Waals surface area contributed by atoms with Crippen molar-refractivity contribution in [2.24, 2.45) is 0 Å². The molecule has 1 saturated heterocycles. The Balaban J connectivity index is 1.89. The Morgan fingerprint density at radius 1 is 1.12 bits per heavy atom. The molecule has 3 aromatic rings. The van der Waals surface area contributed by atoms with E-state index in [0.717, 1.165) is 0 Å². The summed E-state index contributed by atoms with van der Waals surface area (Å²) < 4.78 is 34.0. The number of para-hydroxylation sites is 2. The van der Waals surface area contributed by atoms with Crippen LogP contribution in [0, 0.1) is 0 Å². The molecule has 0 amide bonds. The van der Waals surface area contributed by atoms with E-state index >= 15 is 0 Å². The topological polar surface area (TPSA) is 68.1 Å². The highest BCUT2D eigenvalue weighted by molar-refractivity contribution is 5.78. The van der Waals surface area contributed by atoms with E-state index in [1.54, 1.807) is 37.4 Å². The van der Waals surface area contributed by atoms with E-state index in [-0.39, 0.29) is 5.82 Å². The van der Waals surface area contributed by atoms with Gasteiger partial charge in [-0.25, -0.2) is 13.8 Å². The fraction of sp³-hybridized carbons (Fsp3) is 0.353. The Labute approximate surface area is 148 Å². The number of aromatic nitrogens is 4. The minimum absolute atomic E-state index is 0.333. The Hall–Kier alpha value is -2.81. The number of halogens is 2. The molecular formula is C17H18F2N6O. The van der Waals surface area contributed by atoms with E-state index < -0.39 is 6.43 Å². The van der Waals surface area contributed by atoms with Crippen molar-refractivity contribution in [3.05, 3.63) is 36.2 Å². The van der Waals surface area contributed by atoms with Crippen LogP contribution in [0.2, 0.25) is 0 Å². The minimum Gasteiger partial charge on any atom is -0.378 e. The average molecular weight is 360 g/mol. The van der Waals surface area contributed by atoms with Gasteiger partial charge in [0.2, 0.25) is 5.95 Å². The van der Waals surface area contributed by atoms with Gasteiger partial charge in [0, 0.05) is 26.2 Å². The lowest BCUT2D eigenvalue weighted by atomic mass is 10.3. The van der Waals surface area contributed by atoms with E-state index in [2.05, 4.69) is 20.3 Å². The summed E-state index contributed by atoms with van der Waals surface area (Å²) in [6, 6.07) is 8.67. The summed E-state index contributed by atoms with van der Waals surface area (Å²) in [6.45, 7) is 2.47. The van der Waals surface area contributed by atoms with Crippen molar-refractivity contribution in [1.29, 1.82) is 0 Å².